The van der Waals surface area contributed by atoms with Crippen LogP contribution >= 0.6 is 0 Å². The van der Waals surface area contributed by atoms with E-state index in [1.165, 1.54) is 0 Å². The first-order valence-electron chi connectivity index (χ1n) is 5.09. The van der Waals surface area contributed by atoms with Crippen molar-refractivity contribution < 1.29 is 13.2 Å². The maximum atomic E-state index is 11.5. The number of aromatic nitrogens is 2. The van der Waals surface area contributed by atoms with Gasteiger partial charge in [-0.3, -0.25) is 5.10 Å². The quantitative estimate of drug-likeness (QED) is 0.673. The Labute approximate surface area is 95.4 Å². The van der Waals surface area contributed by atoms with Crippen molar-refractivity contribution in [3.05, 3.63) is 17.5 Å². The van der Waals surface area contributed by atoms with Crippen molar-refractivity contribution in [2.75, 3.05) is 19.0 Å². The zero-order chi connectivity index (χ0) is 12.0. The fourth-order valence-corrected chi connectivity index (χ4v) is 1.98. The molecule has 1 aromatic rings. The highest BCUT2D eigenvalue weighted by atomic mass is 32.2. The monoisotopic (exact) mass is 247 g/mol. The van der Waals surface area contributed by atoms with Gasteiger partial charge in [0.2, 0.25) is 10.0 Å². The van der Waals surface area contributed by atoms with Crippen LogP contribution in [0.25, 0.3) is 0 Å². The van der Waals surface area contributed by atoms with E-state index in [-0.39, 0.29) is 18.9 Å². The Morgan fingerprint density at radius 2 is 2.31 bits per heavy atom. The molecule has 0 fully saturated rings. The molecule has 0 aliphatic heterocycles. The average Bonchev–Trinajstić information content (AvgIpc) is 2.62. The van der Waals surface area contributed by atoms with Crippen LogP contribution in [0.1, 0.15) is 18.2 Å². The van der Waals surface area contributed by atoms with Crippen LogP contribution in [0.15, 0.2) is 6.20 Å². The summed E-state index contributed by atoms with van der Waals surface area (Å²) in [7, 11) is -3.26. The molecular weight excluding hydrogens is 230 g/mol. The summed E-state index contributed by atoms with van der Waals surface area (Å²) in [6.45, 7) is 4.68. The number of aryl methyl sites for hydroxylation is 1. The van der Waals surface area contributed by atoms with Gasteiger partial charge in [-0.05, 0) is 13.8 Å². The number of H-pyrrole nitrogens is 1. The summed E-state index contributed by atoms with van der Waals surface area (Å²) in [4.78, 5) is 0. The Morgan fingerprint density at radius 1 is 1.56 bits per heavy atom. The smallest absolute Gasteiger partial charge is 0.214 e. The van der Waals surface area contributed by atoms with Gasteiger partial charge in [0.05, 0.1) is 18.6 Å². The van der Waals surface area contributed by atoms with Gasteiger partial charge in [0.15, 0.2) is 0 Å². The lowest BCUT2D eigenvalue weighted by molar-refractivity contribution is 0.163. The van der Waals surface area contributed by atoms with Gasteiger partial charge in [-0.2, -0.15) is 5.10 Å². The minimum Gasteiger partial charge on any atom is -0.381 e. The van der Waals surface area contributed by atoms with Crippen LogP contribution in [0.3, 0.4) is 0 Å². The Bertz CT molecular complexity index is 413. The normalized spacial score (nSPS) is 11.9. The maximum Gasteiger partial charge on any atom is 0.214 e. The van der Waals surface area contributed by atoms with E-state index >= 15 is 0 Å². The summed E-state index contributed by atoms with van der Waals surface area (Å²) >= 11 is 0. The van der Waals surface area contributed by atoms with Crippen LogP contribution < -0.4 is 4.72 Å². The Kier molecular flexibility index (Phi) is 4.91. The van der Waals surface area contributed by atoms with Crippen LogP contribution in [-0.2, 0) is 21.3 Å². The first-order valence-corrected chi connectivity index (χ1v) is 6.74. The lowest BCUT2D eigenvalue weighted by Crippen LogP contribution is -2.28. The molecule has 0 saturated carbocycles. The number of nitrogens with zero attached hydrogens (tertiary/aromatic N) is 1. The molecule has 2 N–H and O–H groups in total. The van der Waals surface area contributed by atoms with Crippen molar-refractivity contribution in [2.24, 2.45) is 0 Å². The van der Waals surface area contributed by atoms with Crippen LogP contribution in [-0.4, -0.2) is 37.6 Å². The average molecular weight is 247 g/mol. The summed E-state index contributed by atoms with van der Waals surface area (Å²) in [6, 6.07) is 0. The molecule has 1 rings (SSSR count). The van der Waals surface area contributed by atoms with Gasteiger partial charge in [0.25, 0.3) is 0 Å². The van der Waals surface area contributed by atoms with Crippen LogP contribution in [0.5, 0.6) is 0 Å². The molecule has 0 radical (unpaired) electrons. The first kappa shape index (κ1) is 13.1. The number of ether oxygens (including phenoxy) is 1. The van der Waals surface area contributed by atoms with Crippen LogP contribution in [0.4, 0.5) is 0 Å². The zero-order valence-electron chi connectivity index (χ0n) is 9.49. The summed E-state index contributed by atoms with van der Waals surface area (Å²) in [6.07, 6.45) is 1.61. The Morgan fingerprint density at radius 3 is 2.88 bits per heavy atom. The molecule has 1 heterocycles. The van der Waals surface area contributed by atoms with E-state index in [0.717, 1.165) is 11.3 Å². The molecule has 6 nitrogen and oxygen atoms in total. The van der Waals surface area contributed by atoms with Crippen molar-refractivity contribution in [3.8, 4) is 0 Å². The van der Waals surface area contributed by atoms with Gasteiger partial charge in [-0.15, -0.1) is 0 Å². The molecule has 0 amide bonds. The summed E-state index contributed by atoms with van der Waals surface area (Å²) in [5.41, 5.74) is 1.72. The second-order valence-electron chi connectivity index (χ2n) is 3.36. The molecule has 0 saturated heterocycles. The number of hydrogen-bond donors (Lipinski definition) is 2. The lowest BCUT2D eigenvalue weighted by Gasteiger charge is -2.05. The SMILES string of the molecule is CCOCCS(=O)(=O)NCc1cn[nH]c1C. The van der Waals surface area contributed by atoms with Gasteiger partial charge in [0, 0.05) is 24.4 Å². The number of sulfonamides is 1. The highest BCUT2D eigenvalue weighted by molar-refractivity contribution is 7.89. The van der Waals surface area contributed by atoms with Gasteiger partial charge in [-0.25, -0.2) is 13.1 Å². The predicted molar refractivity (Wildman–Crippen MR) is 60.4 cm³/mol. The van der Waals surface area contributed by atoms with E-state index in [4.69, 9.17) is 4.74 Å². The Balaban J connectivity index is 2.39. The van der Waals surface area contributed by atoms with E-state index in [1.807, 2.05) is 13.8 Å². The van der Waals surface area contributed by atoms with Gasteiger partial charge in [0.1, 0.15) is 0 Å². The lowest BCUT2D eigenvalue weighted by atomic mass is 10.3. The topological polar surface area (TPSA) is 84.1 Å². The molecule has 0 atom stereocenters. The second kappa shape index (κ2) is 5.97. The largest absolute Gasteiger partial charge is 0.381 e. The third kappa shape index (κ3) is 4.30. The fourth-order valence-electron chi connectivity index (χ4n) is 1.13. The number of hydrogen-bond acceptors (Lipinski definition) is 4. The minimum atomic E-state index is -3.26. The van der Waals surface area contributed by atoms with E-state index in [0.29, 0.717) is 6.61 Å². The molecule has 0 bridgehead atoms. The maximum absolute atomic E-state index is 11.5. The molecule has 0 aromatic carbocycles. The number of aromatic amines is 1. The van der Waals surface area contributed by atoms with Gasteiger partial charge in [-0.1, -0.05) is 0 Å². The first-order chi connectivity index (χ1) is 7.55. The third-order valence-corrected chi connectivity index (χ3v) is 3.41. The van der Waals surface area contributed by atoms with Gasteiger partial charge < -0.3 is 4.74 Å². The van der Waals surface area contributed by atoms with E-state index in [2.05, 4.69) is 14.9 Å². The van der Waals surface area contributed by atoms with E-state index in [9.17, 15) is 8.42 Å². The highest BCUT2D eigenvalue weighted by Crippen LogP contribution is 2.02. The fraction of sp³-hybridized carbons (Fsp3) is 0.667. The minimum absolute atomic E-state index is 0.0161. The van der Waals surface area contributed by atoms with E-state index in [1.54, 1.807) is 6.20 Å². The van der Waals surface area contributed by atoms with Crippen molar-refractivity contribution in [2.45, 2.75) is 20.4 Å². The van der Waals surface area contributed by atoms with Crippen molar-refractivity contribution in [1.82, 2.24) is 14.9 Å². The summed E-state index contributed by atoms with van der Waals surface area (Å²) < 4.78 is 30.5. The summed E-state index contributed by atoms with van der Waals surface area (Å²) in [5, 5.41) is 6.56. The molecule has 0 unspecified atom stereocenters. The molecule has 0 spiro atoms. The zero-order valence-corrected chi connectivity index (χ0v) is 10.3. The second-order valence-corrected chi connectivity index (χ2v) is 5.28. The van der Waals surface area contributed by atoms with Crippen molar-refractivity contribution in [1.29, 1.82) is 0 Å². The number of rotatable bonds is 7. The molecule has 92 valence electrons. The van der Waals surface area contributed by atoms with E-state index < -0.39 is 10.0 Å². The van der Waals surface area contributed by atoms with Gasteiger partial charge >= 0.3 is 0 Å². The van der Waals surface area contributed by atoms with Crippen molar-refractivity contribution in [3.63, 3.8) is 0 Å². The molecule has 7 heteroatoms. The Hall–Kier alpha value is -0.920. The third-order valence-electron chi connectivity index (χ3n) is 2.12. The molecule has 0 aliphatic carbocycles. The molecule has 0 aliphatic rings. The van der Waals surface area contributed by atoms with Crippen LogP contribution in [0, 0.1) is 6.92 Å². The standard InChI is InChI=1S/C9H17N3O3S/c1-3-15-4-5-16(13,14)11-7-9-6-10-12-8(9)2/h6,11H,3-5,7H2,1-2H3,(H,10,12). The molecule has 1 aromatic heterocycles. The molecule has 16 heavy (non-hydrogen) atoms. The number of nitrogens with one attached hydrogen (secondary N) is 2. The van der Waals surface area contributed by atoms with Crippen molar-refractivity contribution >= 4 is 10.0 Å². The van der Waals surface area contributed by atoms with Crippen LogP contribution in [0.2, 0.25) is 0 Å². The molecular formula is C9H17N3O3S. The summed E-state index contributed by atoms with van der Waals surface area (Å²) in [5.74, 6) is -0.0161. The highest BCUT2D eigenvalue weighted by Gasteiger charge is 2.10. The predicted octanol–water partition coefficient (Wildman–Crippen LogP) is 0.174.